The molecule has 0 saturated heterocycles. The Kier molecular flexibility index (Phi) is 6.64. The molecule has 2 aromatic heterocycles. The van der Waals surface area contributed by atoms with Gasteiger partial charge in [-0.2, -0.15) is 0 Å². The Morgan fingerprint density at radius 2 is 1.10 bits per heavy atom. The Balaban J connectivity index is 1.65. The molecule has 0 aliphatic rings. The molecule has 0 atom stereocenters. The van der Waals surface area contributed by atoms with Gasteiger partial charge in [-0.15, -0.1) is 0 Å². The lowest BCUT2D eigenvalue weighted by molar-refractivity contribution is 0.340. The number of benzene rings is 2. The van der Waals surface area contributed by atoms with Gasteiger partial charge in [-0.3, -0.25) is 0 Å². The summed E-state index contributed by atoms with van der Waals surface area (Å²) < 4.78 is 13.1. The minimum absolute atomic E-state index is 0.520. The molecule has 4 N–H and O–H groups in total. The molecule has 0 amide bonds. The highest BCUT2D eigenvalue weighted by molar-refractivity contribution is 8.03. The molecule has 4 rings (SSSR count). The van der Waals surface area contributed by atoms with Gasteiger partial charge in [0, 0.05) is 11.1 Å². The van der Waals surface area contributed by atoms with Crippen molar-refractivity contribution in [3.63, 3.8) is 0 Å². The van der Waals surface area contributed by atoms with Gasteiger partial charge < -0.3 is 20.9 Å². The van der Waals surface area contributed by atoms with Gasteiger partial charge in [0.25, 0.3) is 0 Å². The monoisotopic (exact) mass is 470 g/mol. The summed E-state index contributed by atoms with van der Waals surface area (Å²) >= 11 is 4.50. The molecule has 6 nitrogen and oxygen atoms in total. The number of hydrogen-bond donors (Lipinski definition) is 2. The quantitative estimate of drug-likeness (QED) is 0.324. The van der Waals surface area contributed by atoms with Gasteiger partial charge in [0.05, 0.1) is 33.0 Å². The van der Waals surface area contributed by atoms with E-state index in [1.807, 2.05) is 62.4 Å². The van der Waals surface area contributed by atoms with Crippen LogP contribution in [0.25, 0.3) is 22.5 Å². The fourth-order valence-electron chi connectivity index (χ4n) is 2.98. The minimum Gasteiger partial charge on any atom is -0.494 e. The number of nitrogens with two attached hydrogens (primary N) is 2. The fraction of sp³-hybridized carbons (Fsp3) is 0.182. The molecular weight excluding hydrogens is 448 g/mol. The van der Waals surface area contributed by atoms with E-state index in [9.17, 15) is 0 Å². The number of anilines is 2. The first-order valence-corrected chi connectivity index (χ1v) is 12.2. The van der Waals surface area contributed by atoms with E-state index in [1.54, 1.807) is 11.8 Å². The summed E-state index contributed by atoms with van der Waals surface area (Å²) in [5.74, 6) is 1.66. The van der Waals surface area contributed by atoms with Crippen molar-refractivity contribution < 1.29 is 9.47 Å². The molecule has 0 unspecified atom stereocenters. The number of hydrogen-bond acceptors (Lipinski definition) is 9. The molecule has 4 aromatic rings. The summed E-state index contributed by atoms with van der Waals surface area (Å²) in [6.45, 7) is 5.19. The lowest BCUT2D eigenvalue weighted by Crippen LogP contribution is -1.91. The van der Waals surface area contributed by atoms with Gasteiger partial charge in [-0.25, -0.2) is 9.97 Å². The molecule has 0 spiro atoms. The van der Waals surface area contributed by atoms with E-state index in [0.717, 1.165) is 42.4 Å². The normalized spacial score (nSPS) is 10.9. The minimum atomic E-state index is 0.520. The summed E-state index contributed by atoms with van der Waals surface area (Å²) in [4.78, 5) is 9.13. The summed E-state index contributed by atoms with van der Waals surface area (Å²) in [6.07, 6.45) is 0. The topological polar surface area (TPSA) is 96.3 Å². The van der Waals surface area contributed by atoms with Crippen LogP contribution >= 0.6 is 34.4 Å². The molecule has 0 fully saturated rings. The van der Waals surface area contributed by atoms with E-state index in [1.165, 1.54) is 22.7 Å². The average Bonchev–Trinajstić information content (AvgIpc) is 3.31. The Hall–Kier alpha value is -2.75. The third-order valence-electron chi connectivity index (χ3n) is 4.29. The smallest absolute Gasteiger partial charge is 0.181 e. The largest absolute Gasteiger partial charge is 0.494 e. The number of ether oxygens (including phenoxy) is 2. The number of aromatic nitrogens is 2. The summed E-state index contributed by atoms with van der Waals surface area (Å²) in [5, 5.41) is 1.04. The first-order valence-electron chi connectivity index (χ1n) is 9.74. The summed E-state index contributed by atoms with van der Waals surface area (Å²) in [5.41, 5.74) is 15.8. The molecule has 0 radical (unpaired) electrons. The molecule has 31 heavy (non-hydrogen) atoms. The van der Waals surface area contributed by atoms with Crippen LogP contribution < -0.4 is 20.9 Å². The zero-order valence-corrected chi connectivity index (χ0v) is 19.6. The molecule has 160 valence electrons. The predicted octanol–water partition coefficient (Wildman–Crippen LogP) is 6.05. The lowest BCUT2D eigenvalue weighted by atomic mass is 10.2. The van der Waals surface area contributed by atoms with Crippen LogP contribution in [-0.4, -0.2) is 23.2 Å². The van der Waals surface area contributed by atoms with Crippen molar-refractivity contribution in [2.24, 2.45) is 0 Å². The van der Waals surface area contributed by atoms with Gasteiger partial charge in [0.15, 0.2) is 10.3 Å². The molecule has 9 heteroatoms. The highest BCUT2D eigenvalue weighted by Gasteiger charge is 2.19. The molecule has 0 saturated carbocycles. The van der Waals surface area contributed by atoms with Crippen LogP contribution in [0.2, 0.25) is 0 Å². The SMILES string of the molecule is CCOc1ccc(-c2nc(N)sc2Sc2sc(N)nc2-c2ccc(OCC)cc2)cc1. The third-order valence-corrected chi connectivity index (χ3v) is 7.40. The van der Waals surface area contributed by atoms with E-state index in [2.05, 4.69) is 9.97 Å². The van der Waals surface area contributed by atoms with Gasteiger partial charge in [0.2, 0.25) is 0 Å². The Morgan fingerprint density at radius 3 is 1.45 bits per heavy atom. The van der Waals surface area contributed by atoms with Crippen LogP contribution in [0.4, 0.5) is 10.3 Å². The van der Waals surface area contributed by atoms with E-state index < -0.39 is 0 Å². The van der Waals surface area contributed by atoms with E-state index in [-0.39, 0.29) is 0 Å². The highest BCUT2D eigenvalue weighted by atomic mass is 32.2. The maximum Gasteiger partial charge on any atom is 0.181 e. The number of thiazole rings is 2. The van der Waals surface area contributed by atoms with Crippen LogP contribution in [0.1, 0.15) is 13.8 Å². The molecule has 2 aromatic carbocycles. The van der Waals surface area contributed by atoms with Crippen molar-refractivity contribution in [2.45, 2.75) is 22.3 Å². The van der Waals surface area contributed by atoms with Crippen molar-refractivity contribution in [3.8, 4) is 34.0 Å². The van der Waals surface area contributed by atoms with Crippen molar-refractivity contribution in [2.75, 3.05) is 24.7 Å². The number of nitrogens with zero attached hydrogens (tertiary/aromatic N) is 2. The van der Waals surface area contributed by atoms with Gasteiger partial charge >= 0.3 is 0 Å². The third kappa shape index (κ3) is 4.95. The van der Waals surface area contributed by atoms with Gasteiger partial charge in [0.1, 0.15) is 11.5 Å². The van der Waals surface area contributed by atoms with Crippen LogP contribution in [0.15, 0.2) is 56.9 Å². The standard InChI is InChI=1S/C22H22N4O2S3/c1-3-27-15-9-5-13(6-10-15)17-19(30-21(23)25-17)29-20-18(26-22(24)31-20)14-7-11-16(12-8-14)28-4-2/h5-12H,3-4H2,1-2H3,(H2,23,25)(H2,24,26). The molecular formula is C22H22N4O2S3. The lowest BCUT2D eigenvalue weighted by Gasteiger charge is -2.06. The van der Waals surface area contributed by atoms with Gasteiger partial charge in [-0.1, -0.05) is 34.4 Å². The fourth-order valence-corrected chi connectivity index (χ4v) is 6.35. The molecule has 0 aliphatic heterocycles. The Morgan fingerprint density at radius 1 is 0.710 bits per heavy atom. The van der Waals surface area contributed by atoms with Crippen LogP contribution in [0.5, 0.6) is 11.5 Å². The van der Waals surface area contributed by atoms with Crippen molar-refractivity contribution in [1.82, 2.24) is 9.97 Å². The number of nitrogen functional groups attached to an aromatic ring is 2. The van der Waals surface area contributed by atoms with Crippen LogP contribution in [0.3, 0.4) is 0 Å². The molecule has 2 heterocycles. The van der Waals surface area contributed by atoms with E-state index >= 15 is 0 Å². The van der Waals surface area contributed by atoms with Crippen LogP contribution in [0, 0.1) is 0 Å². The second kappa shape index (κ2) is 9.59. The summed E-state index contributed by atoms with van der Waals surface area (Å²) in [7, 11) is 0. The van der Waals surface area contributed by atoms with Crippen molar-refractivity contribution in [3.05, 3.63) is 48.5 Å². The first-order chi connectivity index (χ1) is 15.1. The zero-order chi connectivity index (χ0) is 21.8. The second-order valence-corrected chi connectivity index (χ2v) is 9.99. The average molecular weight is 471 g/mol. The summed E-state index contributed by atoms with van der Waals surface area (Å²) in [6, 6.07) is 15.8. The van der Waals surface area contributed by atoms with Crippen molar-refractivity contribution >= 4 is 44.7 Å². The number of rotatable bonds is 8. The molecule has 0 aliphatic carbocycles. The van der Waals surface area contributed by atoms with Gasteiger partial charge in [-0.05, 0) is 62.4 Å². The maximum atomic E-state index is 6.07. The maximum absolute atomic E-state index is 6.07. The van der Waals surface area contributed by atoms with E-state index in [4.69, 9.17) is 20.9 Å². The highest BCUT2D eigenvalue weighted by Crippen LogP contribution is 2.47. The van der Waals surface area contributed by atoms with E-state index in [0.29, 0.717) is 23.5 Å². The molecule has 0 bridgehead atoms. The first kappa shape index (κ1) is 21.5. The Bertz CT molecular complexity index is 1060. The van der Waals surface area contributed by atoms with Crippen molar-refractivity contribution in [1.29, 1.82) is 0 Å². The Labute approximate surface area is 193 Å². The predicted molar refractivity (Wildman–Crippen MR) is 130 cm³/mol. The van der Waals surface area contributed by atoms with Crippen LogP contribution in [-0.2, 0) is 0 Å². The second-order valence-electron chi connectivity index (χ2n) is 6.39. The zero-order valence-electron chi connectivity index (χ0n) is 17.1.